The van der Waals surface area contributed by atoms with Crippen LogP contribution >= 0.6 is 0 Å². The van der Waals surface area contributed by atoms with Crippen LogP contribution in [0.4, 0.5) is 0 Å². The molecule has 0 aromatic carbocycles. The van der Waals surface area contributed by atoms with Crippen LogP contribution in [-0.4, -0.2) is 41.1 Å². The van der Waals surface area contributed by atoms with E-state index < -0.39 is 17.0 Å². The Morgan fingerprint density at radius 2 is 1.78 bits per heavy atom. The van der Waals surface area contributed by atoms with Crippen LogP contribution in [-0.2, 0) is 23.9 Å². The number of aliphatic hydroxyl groups is 1. The second kappa shape index (κ2) is 8.27. The third-order valence-corrected chi connectivity index (χ3v) is 10.0. The summed E-state index contributed by atoms with van der Waals surface area (Å²) >= 11 is 0. The molecule has 4 aliphatic rings. The molecule has 4 aliphatic carbocycles. The van der Waals surface area contributed by atoms with Crippen molar-refractivity contribution in [2.75, 3.05) is 6.61 Å². The molecule has 178 valence electrons. The third kappa shape index (κ3) is 3.53. The normalized spacial score (nSPS) is 45.1. The van der Waals surface area contributed by atoms with Gasteiger partial charge in [0.25, 0.3) is 0 Å². The maximum absolute atomic E-state index is 13.0. The first-order valence-electron chi connectivity index (χ1n) is 12.3. The van der Waals surface area contributed by atoms with Gasteiger partial charge in [0.1, 0.15) is 6.10 Å². The summed E-state index contributed by atoms with van der Waals surface area (Å²) in [7, 11) is 0. The number of carbonyl (C=O) groups is 3. The first-order chi connectivity index (χ1) is 15.0. The molecule has 0 aromatic rings. The van der Waals surface area contributed by atoms with Crippen LogP contribution in [0, 0.1) is 34.5 Å². The molecule has 4 rings (SSSR count). The molecule has 0 radical (unpaired) electrons. The van der Waals surface area contributed by atoms with Crippen molar-refractivity contribution < 1.29 is 29.0 Å². The van der Waals surface area contributed by atoms with Gasteiger partial charge in [-0.3, -0.25) is 9.59 Å². The van der Waals surface area contributed by atoms with Gasteiger partial charge in [-0.25, -0.2) is 4.79 Å². The minimum atomic E-state index is -0.862. The summed E-state index contributed by atoms with van der Waals surface area (Å²) in [5, 5.41) is 12.1. The summed E-state index contributed by atoms with van der Waals surface area (Å²) in [5.41, 5.74) is -1.21. The maximum Gasteiger partial charge on any atom is 0.330 e. The van der Waals surface area contributed by atoms with Gasteiger partial charge in [0.2, 0.25) is 0 Å². The third-order valence-electron chi connectivity index (χ3n) is 10.0. The van der Waals surface area contributed by atoms with Crippen molar-refractivity contribution in [3.05, 3.63) is 12.7 Å². The van der Waals surface area contributed by atoms with Gasteiger partial charge in [0.05, 0.1) is 5.60 Å². The number of rotatable bonds is 5. The Morgan fingerprint density at radius 3 is 2.47 bits per heavy atom. The van der Waals surface area contributed by atoms with Gasteiger partial charge in [-0.1, -0.05) is 20.4 Å². The number of esters is 2. The minimum Gasteiger partial charge on any atom is -0.463 e. The van der Waals surface area contributed by atoms with Crippen molar-refractivity contribution in [1.29, 1.82) is 0 Å². The highest BCUT2D eigenvalue weighted by atomic mass is 16.5. The van der Waals surface area contributed by atoms with E-state index >= 15 is 0 Å². The highest BCUT2D eigenvalue weighted by Crippen LogP contribution is 2.69. The first-order valence-corrected chi connectivity index (χ1v) is 12.3. The highest BCUT2D eigenvalue weighted by Gasteiger charge is 2.68. The molecule has 1 N–H and O–H groups in total. The Morgan fingerprint density at radius 1 is 1.03 bits per heavy atom. The van der Waals surface area contributed by atoms with Crippen molar-refractivity contribution in [2.45, 2.75) is 90.3 Å². The molecule has 32 heavy (non-hydrogen) atoms. The molecule has 6 nitrogen and oxygen atoms in total. The smallest absolute Gasteiger partial charge is 0.330 e. The fourth-order valence-corrected chi connectivity index (χ4v) is 8.35. The van der Waals surface area contributed by atoms with Gasteiger partial charge in [0, 0.05) is 24.3 Å². The molecule has 0 unspecified atom stereocenters. The first kappa shape index (κ1) is 23.5. The van der Waals surface area contributed by atoms with Gasteiger partial charge in [-0.2, -0.15) is 0 Å². The summed E-state index contributed by atoms with van der Waals surface area (Å²) in [4.78, 5) is 35.9. The van der Waals surface area contributed by atoms with Crippen LogP contribution in [0.2, 0.25) is 0 Å². The molecule has 0 heterocycles. The summed E-state index contributed by atoms with van der Waals surface area (Å²) in [6.07, 6.45) is 9.00. The monoisotopic (exact) mass is 446 g/mol. The van der Waals surface area contributed by atoms with Gasteiger partial charge in [0.15, 0.2) is 12.4 Å². The lowest BCUT2D eigenvalue weighted by Crippen LogP contribution is -2.62. The van der Waals surface area contributed by atoms with Crippen LogP contribution in [0.3, 0.4) is 0 Å². The lowest BCUT2D eigenvalue weighted by atomic mass is 9.43. The van der Waals surface area contributed by atoms with Crippen LogP contribution in [0.25, 0.3) is 0 Å². The Bertz CT molecular complexity index is 806. The second-order valence-corrected chi connectivity index (χ2v) is 11.2. The van der Waals surface area contributed by atoms with Gasteiger partial charge < -0.3 is 14.6 Å². The molecule has 0 aromatic heterocycles. The maximum atomic E-state index is 13.0. The van der Waals surface area contributed by atoms with Gasteiger partial charge in [-0.05, 0) is 81.0 Å². The summed E-state index contributed by atoms with van der Waals surface area (Å²) in [6.45, 7) is 9.09. The molecule has 4 saturated carbocycles. The number of ketones is 1. The molecule has 0 bridgehead atoms. The Kier molecular flexibility index (Phi) is 6.06. The number of hydrogen-bond donors (Lipinski definition) is 1. The number of hydrogen-bond acceptors (Lipinski definition) is 6. The highest BCUT2D eigenvalue weighted by molar-refractivity contribution is 5.88. The van der Waals surface area contributed by atoms with E-state index in [0.717, 1.165) is 51.0 Å². The second-order valence-electron chi connectivity index (χ2n) is 11.2. The lowest BCUT2D eigenvalue weighted by molar-refractivity contribution is -0.212. The van der Waals surface area contributed by atoms with E-state index in [1.54, 1.807) is 0 Å². The van der Waals surface area contributed by atoms with Crippen LogP contribution in [0.15, 0.2) is 12.7 Å². The molecule has 0 aliphatic heterocycles. The van der Waals surface area contributed by atoms with Crippen molar-refractivity contribution in [3.8, 4) is 0 Å². The van der Waals surface area contributed by atoms with Crippen molar-refractivity contribution in [3.63, 3.8) is 0 Å². The molecule has 8 atom stereocenters. The van der Waals surface area contributed by atoms with Gasteiger partial charge in [-0.15, -0.1) is 0 Å². The Labute approximate surface area is 191 Å². The largest absolute Gasteiger partial charge is 0.463 e. The van der Waals surface area contributed by atoms with Crippen LogP contribution < -0.4 is 0 Å². The Hall–Kier alpha value is -1.69. The van der Waals surface area contributed by atoms with E-state index in [-0.39, 0.29) is 41.7 Å². The fourth-order valence-electron chi connectivity index (χ4n) is 8.35. The van der Waals surface area contributed by atoms with Crippen molar-refractivity contribution in [2.24, 2.45) is 34.5 Å². The fraction of sp³-hybridized carbons (Fsp3) is 0.808. The number of fused-ring (bicyclic) bond motifs is 5. The molecular weight excluding hydrogens is 408 g/mol. The van der Waals surface area contributed by atoms with Crippen molar-refractivity contribution >= 4 is 17.7 Å². The topological polar surface area (TPSA) is 89.9 Å². The number of carbonyl (C=O) groups excluding carboxylic acids is 3. The zero-order chi connectivity index (χ0) is 23.3. The average molecular weight is 447 g/mol. The Balaban J connectivity index is 1.51. The van der Waals surface area contributed by atoms with E-state index in [4.69, 9.17) is 9.47 Å². The van der Waals surface area contributed by atoms with Gasteiger partial charge >= 0.3 is 11.9 Å². The van der Waals surface area contributed by atoms with E-state index in [1.165, 1.54) is 6.92 Å². The number of ether oxygens (including phenoxy) is 2. The van der Waals surface area contributed by atoms with Crippen molar-refractivity contribution in [1.82, 2.24) is 0 Å². The molecule has 0 saturated heterocycles. The lowest BCUT2D eigenvalue weighted by Gasteiger charge is -2.63. The van der Waals surface area contributed by atoms with E-state index in [0.29, 0.717) is 24.7 Å². The number of Topliss-reactive ketones (excluding diaryl/α,β-unsaturated/α-hetero) is 1. The molecule has 0 spiro atoms. The average Bonchev–Trinajstić information content (AvgIpc) is 3.03. The SMILES string of the molecule is C=CC(=O)OCC(=O)[C@@H]1CC[C@]2(O)[C@@H]3CC[C@@H]4C[C@@H](OC(C)=O)CC[C@]4(C)[C@H]3CC[C@]12C. The van der Waals surface area contributed by atoms with Crippen LogP contribution in [0.5, 0.6) is 0 Å². The predicted octanol–water partition coefficient (Wildman–Crippen LogP) is 3.99. The summed E-state index contributed by atoms with van der Waals surface area (Å²) in [5.74, 6) is -0.0417. The quantitative estimate of drug-likeness (QED) is 0.507. The standard InChI is InChI=1S/C26H38O6/c1-5-23(29)31-15-22(28)21-10-13-26(30)20-7-6-17-14-18(32-16(2)27)8-11-24(17,3)19(20)9-12-25(21,26)4/h5,17-21,30H,1,6-15H2,2-4H3/t17-,18+,19+,20-,21+,24+,25-,26+/m1/s1. The molecule has 6 heteroatoms. The van der Waals surface area contributed by atoms with E-state index in [1.807, 2.05) is 0 Å². The zero-order valence-electron chi connectivity index (χ0n) is 19.7. The summed E-state index contributed by atoms with van der Waals surface area (Å²) < 4.78 is 10.6. The predicted molar refractivity (Wildman–Crippen MR) is 118 cm³/mol. The van der Waals surface area contributed by atoms with E-state index in [2.05, 4.69) is 20.4 Å². The summed E-state index contributed by atoms with van der Waals surface area (Å²) in [6, 6.07) is 0. The molecule has 4 fully saturated rings. The minimum absolute atomic E-state index is 0.0193. The molecular formula is C26H38O6. The zero-order valence-corrected chi connectivity index (χ0v) is 19.7. The van der Waals surface area contributed by atoms with Crippen LogP contribution in [0.1, 0.15) is 78.6 Å². The molecule has 0 amide bonds. The van der Waals surface area contributed by atoms with E-state index in [9.17, 15) is 19.5 Å².